The molecule has 0 bridgehead atoms. The van der Waals surface area contributed by atoms with E-state index in [-0.39, 0.29) is 17.9 Å². The fraction of sp³-hybridized carbons (Fsp3) is 1.00. The lowest BCUT2D eigenvalue weighted by Crippen LogP contribution is -2.41. The normalized spacial score (nSPS) is 45.0. The Bertz CT molecular complexity index is 216. The first kappa shape index (κ1) is 11.2. The summed E-state index contributed by atoms with van der Waals surface area (Å²) in [5.41, 5.74) is 0. The standard InChI is InChI=1S/C11H17F3O/c1-6-2-8(10(6)12)3-7-4-9(5-7)15-11(13)14/h6-11H,2-5H2,1H3. The van der Waals surface area contributed by atoms with Crippen LogP contribution in [0.1, 0.15) is 32.6 Å². The first-order chi connectivity index (χ1) is 7.06. The van der Waals surface area contributed by atoms with Crippen molar-refractivity contribution in [3.05, 3.63) is 0 Å². The van der Waals surface area contributed by atoms with Crippen molar-refractivity contribution in [2.45, 2.75) is 51.5 Å². The van der Waals surface area contributed by atoms with Crippen molar-refractivity contribution < 1.29 is 17.9 Å². The SMILES string of the molecule is CC1CC(CC2CC(OC(F)F)C2)C1F. The molecule has 0 spiro atoms. The summed E-state index contributed by atoms with van der Waals surface area (Å²) in [6.07, 6.45) is 2.22. The number of hydrogen-bond acceptors (Lipinski definition) is 1. The molecular formula is C11H17F3O. The highest BCUT2D eigenvalue weighted by atomic mass is 19.3. The van der Waals surface area contributed by atoms with Crippen LogP contribution in [0.2, 0.25) is 0 Å². The summed E-state index contributed by atoms with van der Waals surface area (Å²) in [5.74, 6) is 0.783. The van der Waals surface area contributed by atoms with Crippen molar-refractivity contribution in [1.82, 2.24) is 0 Å². The third kappa shape index (κ3) is 2.47. The van der Waals surface area contributed by atoms with Gasteiger partial charge in [-0.15, -0.1) is 0 Å². The molecule has 2 fully saturated rings. The smallest absolute Gasteiger partial charge is 0.320 e. The average molecular weight is 222 g/mol. The van der Waals surface area contributed by atoms with Gasteiger partial charge in [0.1, 0.15) is 6.17 Å². The van der Waals surface area contributed by atoms with Crippen LogP contribution in [-0.2, 0) is 4.74 Å². The second-order valence-electron chi connectivity index (χ2n) is 5.01. The zero-order valence-corrected chi connectivity index (χ0v) is 8.83. The first-order valence-electron chi connectivity index (χ1n) is 5.64. The Balaban J connectivity index is 1.60. The van der Waals surface area contributed by atoms with Crippen LogP contribution in [0.15, 0.2) is 0 Å². The van der Waals surface area contributed by atoms with Gasteiger partial charge in [0.2, 0.25) is 0 Å². The van der Waals surface area contributed by atoms with E-state index in [0.29, 0.717) is 18.8 Å². The average Bonchev–Trinajstić information content (AvgIpc) is 2.12. The molecule has 1 nitrogen and oxygen atoms in total. The molecule has 0 radical (unpaired) electrons. The van der Waals surface area contributed by atoms with Crippen molar-refractivity contribution in [2.24, 2.45) is 17.8 Å². The number of alkyl halides is 3. The lowest BCUT2D eigenvalue weighted by molar-refractivity contribution is -0.193. The number of hydrogen-bond donors (Lipinski definition) is 0. The van der Waals surface area contributed by atoms with Crippen LogP contribution in [0.25, 0.3) is 0 Å². The van der Waals surface area contributed by atoms with Crippen LogP contribution >= 0.6 is 0 Å². The highest BCUT2D eigenvalue weighted by Gasteiger charge is 2.42. The van der Waals surface area contributed by atoms with E-state index in [1.807, 2.05) is 6.92 Å². The summed E-state index contributed by atoms with van der Waals surface area (Å²) in [4.78, 5) is 0. The van der Waals surface area contributed by atoms with Crippen molar-refractivity contribution in [2.75, 3.05) is 0 Å². The number of rotatable bonds is 4. The van der Waals surface area contributed by atoms with Gasteiger partial charge in [-0.3, -0.25) is 0 Å². The molecule has 88 valence electrons. The number of ether oxygens (including phenoxy) is 1. The maximum absolute atomic E-state index is 13.3. The predicted molar refractivity (Wildman–Crippen MR) is 50.4 cm³/mol. The fourth-order valence-electron chi connectivity index (χ4n) is 2.78. The lowest BCUT2D eigenvalue weighted by Gasteiger charge is -2.43. The Morgan fingerprint density at radius 2 is 1.93 bits per heavy atom. The molecule has 0 heterocycles. The minimum Gasteiger partial charge on any atom is -0.320 e. The number of halogens is 3. The van der Waals surface area contributed by atoms with E-state index < -0.39 is 12.8 Å². The molecule has 2 aliphatic carbocycles. The summed E-state index contributed by atoms with van der Waals surface area (Å²) < 4.78 is 41.2. The van der Waals surface area contributed by atoms with Crippen molar-refractivity contribution >= 4 is 0 Å². The summed E-state index contributed by atoms with van der Waals surface area (Å²) in [5, 5.41) is 0. The van der Waals surface area contributed by atoms with E-state index in [1.165, 1.54) is 0 Å². The van der Waals surface area contributed by atoms with Gasteiger partial charge >= 0.3 is 6.61 Å². The highest BCUT2D eigenvalue weighted by Crippen LogP contribution is 2.45. The van der Waals surface area contributed by atoms with E-state index in [4.69, 9.17) is 0 Å². The van der Waals surface area contributed by atoms with Crippen LogP contribution in [0, 0.1) is 17.8 Å². The van der Waals surface area contributed by atoms with Gasteiger partial charge < -0.3 is 4.74 Å². The molecule has 0 aromatic carbocycles. The Morgan fingerprint density at radius 1 is 1.27 bits per heavy atom. The van der Waals surface area contributed by atoms with Crippen LogP contribution in [0.4, 0.5) is 13.2 Å². The van der Waals surface area contributed by atoms with E-state index >= 15 is 0 Å². The molecule has 0 aromatic heterocycles. The molecule has 2 saturated carbocycles. The second kappa shape index (κ2) is 4.32. The summed E-state index contributed by atoms with van der Waals surface area (Å²) >= 11 is 0. The largest absolute Gasteiger partial charge is 0.345 e. The Hall–Kier alpha value is -0.250. The molecule has 0 N–H and O–H groups in total. The van der Waals surface area contributed by atoms with Crippen LogP contribution in [0.3, 0.4) is 0 Å². The fourth-order valence-corrected chi connectivity index (χ4v) is 2.78. The van der Waals surface area contributed by atoms with Crippen LogP contribution < -0.4 is 0 Å². The molecule has 0 amide bonds. The van der Waals surface area contributed by atoms with Crippen molar-refractivity contribution in [3.63, 3.8) is 0 Å². The van der Waals surface area contributed by atoms with E-state index in [0.717, 1.165) is 12.8 Å². The zero-order chi connectivity index (χ0) is 11.0. The minimum absolute atomic E-state index is 0.178. The molecule has 0 aliphatic heterocycles. The van der Waals surface area contributed by atoms with E-state index in [9.17, 15) is 13.2 Å². The molecule has 0 saturated heterocycles. The van der Waals surface area contributed by atoms with Gasteiger partial charge in [-0.1, -0.05) is 6.92 Å². The highest BCUT2D eigenvalue weighted by molar-refractivity contribution is 4.91. The topological polar surface area (TPSA) is 9.23 Å². The molecule has 2 aliphatic rings. The Morgan fingerprint density at radius 3 is 2.40 bits per heavy atom. The van der Waals surface area contributed by atoms with Gasteiger partial charge in [0, 0.05) is 0 Å². The summed E-state index contributed by atoms with van der Waals surface area (Å²) in [6, 6.07) is 0. The van der Waals surface area contributed by atoms with Crippen molar-refractivity contribution in [1.29, 1.82) is 0 Å². The van der Waals surface area contributed by atoms with E-state index in [1.54, 1.807) is 0 Å². The van der Waals surface area contributed by atoms with Gasteiger partial charge in [0.15, 0.2) is 0 Å². The third-order valence-electron chi connectivity index (χ3n) is 3.79. The van der Waals surface area contributed by atoms with Crippen molar-refractivity contribution in [3.8, 4) is 0 Å². The van der Waals surface area contributed by atoms with Crippen LogP contribution in [-0.4, -0.2) is 18.9 Å². The van der Waals surface area contributed by atoms with Gasteiger partial charge in [0.25, 0.3) is 0 Å². The Kier molecular flexibility index (Phi) is 3.24. The summed E-state index contributed by atoms with van der Waals surface area (Å²) in [7, 11) is 0. The first-order valence-corrected chi connectivity index (χ1v) is 5.64. The van der Waals surface area contributed by atoms with Gasteiger partial charge in [0.05, 0.1) is 6.10 Å². The van der Waals surface area contributed by atoms with Gasteiger partial charge in [-0.05, 0) is 43.4 Å². The molecule has 4 heteroatoms. The van der Waals surface area contributed by atoms with E-state index in [2.05, 4.69) is 4.74 Å². The quantitative estimate of drug-likeness (QED) is 0.708. The second-order valence-corrected chi connectivity index (χ2v) is 5.01. The third-order valence-corrected chi connectivity index (χ3v) is 3.79. The maximum atomic E-state index is 13.3. The summed E-state index contributed by atoms with van der Waals surface area (Å²) in [6.45, 7) is -0.737. The Labute approximate surface area is 88.0 Å². The zero-order valence-electron chi connectivity index (χ0n) is 8.83. The monoisotopic (exact) mass is 222 g/mol. The minimum atomic E-state index is -2.66. The maximum Gasteiger partial charge on any atom is 0.345 e. The molecule has 3 unspecified atom stereocenters. The van der Waals surface area contributed by atoms with Gasteiger partial charge in [-0.2, -0.15) is 8.78 Å². The molecule has 15 heavy (non-hydrogen) atoms. The lowest BCUT2D eigenvalue weighted by atomic mass is 9.66. The molecule has 2 rings (SSSR count). The van der Waals surface area contributed by atoms with Crippen LogP contribution in [0.5, 0.6) is 0 Å². The molecule has 3 atom stereocenters. The molecule has 0 aromatic rings. The molecular weight excluding hydrogens is 205 g/mol. The predicted octanol–water partition coefficient (Wildman–Crippen LogP) is 3.39. The van der Waals surface area contributed by atoms with Gasteiger partial charge in [-0.25, -0.2) is 4.39 Å².